The van der Waals surface area contributed by atoms with Gasteiger partial charge in [-0.25, -0.2) is 9.37 Å². The fourth-order valence-corrected chi connectivity index (χ4v) is 3.09. The second kappa shape index (κ2) is 12.1. The van der Waals surface area contributed by atoms with E-state index in [1.807, 2.05) is 0 Å². The fraction of sp³-hybridized carbons (Fsp3) is 0.421. The van der Waals surface area contributed by atoms with Crippen LogP contribution in [-0.2, 0) is 14.3 Å². The normalized spacial score (nSPS) is 10.6. The minimum atomic E-state index is -0.328. The van der Waals surface area contributed by atoms with Gasteiger partial charge in [0.1, 0.15) is 11.5 Å². The molecule has 2 N–H and O–H groups in total. The van der Waals surface area contributed by atoms with Gasteiger partial charge in [-0.15, -0.1) is 11.3 Å². The summed E-state index contributed by atoms with van der Waals surface area (Å²) in [5.41, 5.74) is 0.944. The summed E-state index contributed by atoms with van der Waals surface area (Å²) in [4.78, 5) is 30.6. The van der Waals surface area contributed by atoms with Crippen molar-refractivity contribution in [2.24, 2.45) is 0 Å². The highest BCUT2D eigenvalue weighted by Crippen LogP contribution is 2.22. The first-order valence-corrected chi connectivity index (χ1v) is 9.93. The van der Waals surface area contributed by atoms with Crippen LogP contribution < -0.4 is 10.6 Å². The van der Waals surface area contributed by atoms with Crippen LogP contribution >= 0.6 is 11.3 Å². The molecule has 0 aliphatic carbocycles. The minimum absolute atomic E-state index is 0.158. The zero-order valence-electron chi connectivity index (χ0n) is 16.4. The van der Waals surface area contributed by atoms with Gasteiger partial charge in [-0.05, 0) is 24.3 Å². The van der Waals surface area contributed by atoms with Crippen molar-refractivity contribution < 1.29 is 23.5 Å². The molecule has 158 valence electrons. The molecule has 0 aliphatic heterocycles. The maximum Gasteiger partial charge on any atom is 0.273 e. The second-order valence-corrected chi connectivity index (χ2v) is 6.91. The van der Waals surface area contributed by atoms with Gasteiger partial charge in [0.2, 0.25) is 5.91 Å². The van der Waals surface area contributed by atoms with Crippen LogP contribution in [0.4, 0.5) is 15.2 Å². The first-order valence-electron chi connectivity index (χ1n) is 9.05. The lowest BCUT2D eigenvalue weighted by Crippen LogP contribution is -2.38. The molecule has 2 amide bonds. The van der Waals surface area contributed by atoms with Crippen molar-refractivity contribution in [1.82, 2.24) is 15.2 Å². The van der Waals surface area contributed by atoms with Gasteiger partial charge in [0.05, 0.1) is 13.2 Å². The molecule has 29 heavy (non-hydrogen) atoms. The number of ether oxygens (including phenoxy) is 2. The summed E-state index contributed by atoms with van der Waals surface area (Å²) in [5, 5.41) is 7.93. The number of benzene rings is 1. The molecule has 0 unspecified atom stereocenters. The largest absolute Gasteiger partial charge is 0.383 e. The number of amides is 2. The van der Waals surface area contributed by atoms with E-state index in [0.29, 0.717) is 37.1 Å². The Labute approximate surface area is 173 Å². The molecule has 1 aromatic heterocycles. The van der Waals surface area contributed by atoms with Crippen molar-refractivity contribution in [3.05, 3.63) is 41.2 Å². The number of aromatic nitrogens is 1. The molecule has 0 atom stereocenters. The van der Waals surface area contributed by atoms with E-state index in [1.54, 1.807) is 31.7 Å². The standard InChI is InChI=1S/C19H25FN4O4S/c1-27-11-8-21-17(25)7-9-24(10-12-28-2)18(26)16-13-29-19(23-16)22-15-5-3-14(20)4-6-15/h3-6,13H,7-12H2,1-2H3,(H,21,25)(H,22,23). The Hall–Kier alpha value is -2.56. The fourth-order valence-electron chi connectivity index (χ4n) is 2.38. The number of carbonyl (C=O) groups is 2. The smallest absolute Gasteiger partial charge is 0.273 e. The zero-order valence-corrected chi connectivity index (χ0v) is 17.3. The highest BCUT2D eigenvalue weighted by atomic mass is 32.1. The van der Waals surface area contributed by atoms with Gasteiger partial charge in [0, 0.05) is 51.3 Å². The molecule has 0 saturated heterocycles. The number of carbonyl (C=O) groups excluding carboxylic acids is 2. The van der Waals surface area contributed by atoms with E-state index < -0.39 is 0 Å². The Balaban J connectivity index is 1.96. The molecule has 8 nitrogen and oxygen atoms in total. The first kappa shape index (κ1) is 22.7. The Bertz CT molecular complexity index is 785. The predicted octanol–water partition coefficient (Wildman–Crippen LogP) is 2.27. The maximum absolute atomic E-state index is 13.0. The monoisotopic (exact) mass is 424 g/mol. The zero-order chi connectivity index (χ0) is 21.1. The molecule has 1 aromatic carbocycles. The number of thiazole rings is 1. The molecule has 2 aromatic rings. The van der Waals surface area contributed by atoms with Gasteiger partial charge in [-0.3, -0.25) is 9.59 Å². The van der Waals surface area contributed by atoms with Crippen LogP contribution in [0.25, 0.3) is 0 Å². The summed E-state index contributed by atoms with van der Waals surface area (Å²) < 4.78 is 23.0. The van der Waals surface area contributed by atoms with E-state index in [9.17, 15) is 14.0 Å². The Kier molecular flexibility index (Phi) is 9.48. The Morgan fingerprint density at radius 3 is 2.55 bits per heavy atom. The molecule has 2 rings (SSSR count). The number of hydrogen-bond acceptors (Lipinski definition) is 7. The molecule has 0 fully saturated rings. The van der Waals surface area contributed by atoms with Gasteiger partial charge in [-0.1, -0.05) is 0 Å². The molecule has 0 saturated carbocycles. The second-order valence-electron chi connectivity index (χ2n) is 6.05. The van der Waals surface area contributed by atoms with Crippen molar-refractivity contribution in [3.63, 3.8) is 0 Å². The van der Waals surface area contributed by atoms with E-state index in [2.05, 4.69) is 15.6 Å². The van der Waals surface area contributed by atoms with Crippen LogP contribution in [0, 0.1) is 5.82 Å². The summed E-state index contributed by atoms with van der Waals surface area (Å²) >= 11 is 1.27. The summed E-state index contributed by atoms with van der Waals surface area (Å²) in [7, 11) is 3.11. The average Bonchev–Trinajstić information content (AvgIpc) is 3.18. The molecule has 1 heterocycles. The number of nitrogens with one attached hydrogen (secondary N) is 2. The lowest BCUT2D eigenvalue weighted by Gasteiger charge is -2.21. The molecule has 0 spiro atoms. The van der Waals surface area contributed by atoms with Gasteiger partial charge in [-0.2, -0.15) is 0 Å². The van der Waals surface area contributed by atoms with Crippen LogP contribution in [0.1, 0.15) is 16.9 Å². The lowest BCUT2D eigenvalue weighted by atomic mass is 10.3. The van der Waals surface area contributed by atoms with E-state index >= 15 is 0 Å². The lowest BCUT2D eigenvalue weighted by molar-refractivity contribution is -0.121. The van der Waals surface area contributed by atoms with Gasteiger partial charge < -0.3 is 25.0 Å². The van der Waals surface area contributed by atoms with Crippen LogP contribution in [0.15, 0.2) is 29.6 Å². The van der Waals surface area contributed by atoms with E-state index in [0.717, 1.165) is 0 Å². The minimum Gasteiger partial charge on any atom is -0.383 e. The number of hydrogen-bond donors (Lipinski definition) is 2. The van der Waals surface area contributed by atoms with E-state index in [1.165, 1.54) is 28.4 Å². The molecule has 0 bridgehead atoms. The highest BCUT2D eigenvalue weighted by molar-refractivity contribution is 7.14. The SMILES string of the molecule is COCCNC(=O)CCN(CCOC)C(=O)c1csc(Nc2ccc(F)cc2)n1. The quantitative estimate of drug-likeness (QED) is 0.508. The number of methoxy groups -OCH3 is 2. The van der Waals surface area contributed by atoms with Crippen molar-refractivity contribution in [2.45, 2.75) is 6.42 Å². The Morgan fingerprint density at radius 2 is 1.86 bits per heavy atom. The topological polar surface area (TPSA) is 92.8 Å². The number of rotatable bonds is 12. The van der Waals surface area contributed by atoms with Crippen molar-refractivity contribution in [2.75, 3.05) is 52.4 Å². The van der Waals surface area contributed by atoms with Crippen molar-refractivity contribution in [1.29, 1.82) is 0 Å². The Morgan fingerprint density at radius 1 is 1.14 bits per heavy atom. The molecule has 0 aliphatic rings. The number of anilines is 2. The summed E-state index contributed by atoms with van der Waals surface area (Å²) in [6.45, 7) is 1.80. The van der Waals surface area contributed by atoms with Gasteiger partial charge >= 0.3 is 0 Å². The first-order chi connectivity index (χ1) is 14.0. The third kappa shape index (κ3) is 7.76. The maximum atomic E-state index is 13.0. The van der Waals surface area contributed by atoms with Crippen molar-refractivity contribution in [3.8, 4) is 0 Å². The van der Waals surface area contributed by atoms with E-state index in [-0.39, 0.29) is 36.3 Å². The third-order valence-corrected chi connectivity index (χ3v) is 4.67. The third-order valence-electron chi connectivity index (χ3n) is 3.91. The highest BCUT2D eigenvalue weighted by Gasteiger charge is 2.19. The van der Waals surface area contributed by atoms with Crippen LogP contribution in [0.2, 0.25) is 0 Å². The van der Waals surface area contributed by atoms with Crippen LogP contribution in [0.5, 0.6) is 0 Å². The number of nitrogens with zero attached hydrogens (tertiary/aromatic N) is 2. The van der Waals surface area contributed by atoms with E-state index in [4.69, 9.17) is 9.47 Å². The summed E-state index contributed by atoms with van der Waals surface area (Å²) in [6.07, 6.45) is 0.171. The molecular formula is C19H25FN4O4S. The number of halogens is 1. The molecule has 10 heteroatoms. The van der Waals surface area contributed by atoms with Crippen LogP contribution in [0.3, 0.4) is 0 Å². The van der Waals surface area contributed by atoms with Gasteiger partial charge in [0.25, 0.3) is 5.91 Å². The molecule has 0 radical (unpaired) electrons. The molecular weight excluding hydrogens is 399 g/mol. The average molecular weight is 424 g/mol. The van der Waals surface area contributed by atoms with Crippen LogP contribution in [-0.4, -0.2) is 68.8 Å². The summed E-state index contributed by atoms with van der Waals surface area (Å²) in [5.74, 6) is -0.769. The predicted molar refractivity (Wildman–Crippen MR) is 109 cm³/mol. The summed E-state index contributed by atoms with van der Waals surface area (Å²) in [6, 6.07) is 5.86. The van der Waals surface area contributed by atoms with Crippen molar-refractivity contribution >= 4 is 34.0 Å². The van der Waals surface area contributed by atoms with Gasteiger partial charge in [0.15, 0.2) is 5.13 Å².